The van der Waals surface area contributed by atoms with Crippen molar-refractivity contribution in [1.29, 1.82) is 0 Å². The molecule has 0 spiro atoms. The predicted octanol–water partition coefficient (Wildman–Crippen LogP) is 4.44. The highest BCUT2D eigenvalue weighted by atomic mass is 19.2. The second-order valence-corrected chi connectivity index (χ2v) is 6.56. The van der Waals surface area contributed by atoms with E-state index in [0.717, 1.165) is 17.7 Å². The van der Waals surface area contributed by atoms with Gasteiger partial charge in [-0.05, 0) is 42.0 Å². The van der Waals surface area contributed by atoms with E-state index in [-0.39, 0.29) is 31.0 Å². The standard InChI is InChI=1S/C23H19F3N2O3/c24-18-10-11-19(22(26)21(18)25)28-23(30)16-8-6-15(7-9-16)14-27-20(29)12-13-31-17-4-2-1-3-5-17/h1-11H,12-14H2,(H,27,29)(H,28,30). The molecule has 3 aromatic rings. The van der Waals surface area contributed by atoms with Crippen LogP contribution in [0.2, 0.25) is 0 Å². The molecule has 0 fully saturated rings. The minimum absolute atomic E-state index is 0.188. The molecule has 0 aliphatic rings. The van der Waals surface area contributed by atoms with Gasteiger partial charge in [-0.1, -0.05) is 30.3 Å². The van der Waals surface area contributed by atoms with Gasteiger partial charge in [-0.25, -0.2) is 13.2 Å². The molecule has 160 valence electrons. The van der Waals surface area contributed by atoms with Crippen molar-refractivity contribution in [2.24, 2.45) is 0 Å². The van der Waals surface area contributed by atoms with Crippen molar-refractivity contribution in [1.82, 2.24) is 5.32 Å². The van der Waals surface area contributed by atoms with Gasteiger partial charge >= 0.3 is 0 Å². The number of nitrogens with one attached hydrogen (secondary N) is 2. The van der Waals surface area contributed by atoms with Crippen molar-refractivity contribution >= 4 is 17.5 Å². The fraction of sp³-hybridized carbons (Fsp3) is 0.130. The van der Waals surface area contributed by atoms with E-state index in [1.807, 2.05) is 18.2 Å². The lowest BCUT2D eigenvalue weighted by Gasteiger charge is -2.09. The van der Waals surface area contributed by atoms with Crippen LogP contribution in [0.25, 0.3) is 0 Å². The molecule has 0 bridgehead atoms. The summed E-state index contributed by atoms with van der Waals surface area (Å²) in [6, 6.07) is 17.0. The average molecular weight is 428 g/mol. The monoisotopic (exact) mass is 428 g/mol. The van der Waals surface area contributed by atoms with Gasteiger partial charge in [-0.3, -0.25) is 9.59 Å². The number of carbonyl (C=O) groups is 2. The van der Waals surface area contributed by atoms with Crippen molar-refractivity contribution in [3.63, 3.8) is 0 Å². The number of ether oxygens (including phenoxy) is 1. The Labute approximate surface area is 176 Å². The number of hydrogen-bond donors (Lipinski definition) is 2. The zero-order valence-electron chi connectivity index (χ0n) is 16.3. The zero-order valence-corrected chi connectivity index (χ0v) is 16.3. The summed E-state index contributed by atoms with van der Waals surface area (Å²) in [5.41, 5.74) is 0.473. The van der Waals surface area contributed by atoms with Gasteiger partial charge in [0.1, 0.15) is 5.75 Å². The molecule has 0 saturated heterocycles. The third-order valence-corrected chi connectivity index (χ3v) is 4.33. The van der Waals surface area contributed by atoms with Crippen LogP contribution >= 0.6 is 0 Å². The van der Waals surface area contributed by atoms with Crippen LogP contribution in [0.5, 0.6) is 5.75 Å². The molecule has 2 N–H and O–H groups in total. The van der Waals surface area contributed by atoms with E-state index in [1.165, 1.54) is 12.1 Å². The first-order valence-corrected chi connectivity index (χ1v) is 9.42. The topological polar surface area (TPSA) is 67.4 Å². The lowest BCUT2D eigenvalue weighted by atomic mass is 10.1. The first-order valence-electron chi connectivity index (χ1n) is 9.42. The summed E-state index contributed by atoms with van der Waals surface area (Å²) in [5.74, 6) is -4.65. The summed E-state index contributed by atoms with van der Waals surface area (Å²) < 4.78 is 45.4. The minimum atomic E-state index is -1.65. The van der Waals surface area contributed by atoms with Gasteiger partial charge < -0.3 is 15.4 Å². The third-order valence-electron chi connectivity index (χ3n) is 4.33. The van der Waals surface area contributed by atoms with Crippen LogP contribution in [-0.2, 0) is 11.3 Å². The first kappa shape index (κ1) is 21.9. The third kappa shape index (κ3) is 6.08. The van der Waals surface area contributed by atoms with Crippen LogP contribution in [0.15, 0.2) is 66.7 Å². The summed E-state index contributed by atoms with van der Waals surface area (Å²) in [6.45, 7) is 0.499. The molecule has 0 aromatic heterocycles. The first-order chi connectivity index (χ1) is 14.9. The fourth-order valence-corrected chi connectivity index (χ4v) is 2.66. The van der Waals surface area contributed by atoms with E-state index in [0.29, 0.717) is 5.75 Å². The number of benzene rings is 3. The lowest BCUT2D eigenvalue weighted by molar-refractivity contribution is -0.121. The molecular weight excluding hydrogens is 409 g/mol. The van der Waals surface area contributed by atoms with Crippen LogP contribution in [0, 0.1) is 17.5 Å². The van der Waals surface area contributed by atoms with Gasteiger partial charge in [0, 0.05) is 12.1 Å². The van der Waals surface area contributed by atoms with Gasteiger partial charge in [-0.15, -0.1) is 0 Å². The van der Waals surface area contributed by atoms with E-state index in [2.05, 4.69) is 10.6 Å². The summed E-state index contributed by atoms with van der Waals surface area (Å²) in [7, 11) is 0. The number of amides is 2. The zero-order chi connectivity index (χ0) is 22.2. The SMILES string of the molecule is O=C(CCOc1ccccc1)NCc1ccc(C(=O)Nc2ccc(F)c(F)c2F)cc1. The summed E-state index contributed by atoms with van der Waals surface area (Å²) in [4.78, 5) is 24.1. The molecule has 0 atom stereocenters. The van der Waals surface area contributed by atoms with Crippen molar-refractivity contribution in [2.75, 3.05) is 11.9 Å². The number of hydrogen-bond acceptors (Lipinski definition) is 3. The molecule has 0 radical (unpaired) electrons. The second kappa shape index (κ2) is 10.3. The maximum Gasteiger partial charge on any atom is 0.255 e. The largest absolute Gasteiger partial charge is 0.493 e. The van der Waals surface area contributed by atoms with Gasteiger partial charge in [-0.2, -0.15) is 0 Å². The number of rotatable bonds is 8. The van der Waals surface area contributed by atoms with E-state index in [9.17, 15) is 22.8 Å². The summed E-state index contributed by atoms with van der Waals surface area (Å²) >= 11 is 0. The Hall–Kier alpha value is -3.81. The number of carbonyl (C=O) groups excluding carboxylic acids is 2. The van der Waals surface area contributed by atoms with Crippen molar-refractivity contribution in [2.45, 2.75) is 13.0 Å². The maximum absolute atomic E-state index is 13.7. The average Bonchev–Trinajstić information content (AvgIpc) is 2.79. The second-order valence-electron chi connectivity index (χ2n) is 6.56. The van der Waals surface area contributed by atoms with E-state index in [1.54, 1.807) is 24.3 Å². The van der Waals surface area contributed by atoms with Gasteiger partial charge in [0.15, 0.2) is 17.5 Å². The highest BCUT2D eigenvalue weighted by Crippen LogP contribution is 2.20. The highest BCUT2D eigenvalue weighted by molar-refractivity contribution is 6.04. The smallest absolute Gasteiger partial charge is 0.255 e. The Morgan fingerprint density at radius 1 is 0.839 bits per heavy atom. The molecule has 3 rings (SSSR count). The normalized spacial score (nSPS) is 10.4. The van der Waals surface area contributed by atoms with E-state index >= 15 is 0 Å². The van der Waals surface area contributed by atoms with Crippen molar-refractivity contribution in [3.05, 3.63) is 95.3 Å². The Morgan fingerprint density at radius 2 is 1.55 bits per heavy atom. The van der Waals surface area contributed by atoms with E-state index < -0.39 is 29.0 Å². The Balaban J connectivity index is 1.47. The highest BCUT2D eigenvalue weighted by Gasteiger charge is 2.16. The Morgan fingerprint density at radius 3 is 2.26 bits per heavy atom. The fourth-order valence-electron chi connectivity index (χ4n) is 2.66. The van der Waals surface area contributed by atoms with Crippen LogP contribution in [0.3, 0.4) is 0 Å². The van der Waals surface area contributed by atoms with Crippen molar-refractivity contribution < 1.29 is 27.5 Å². The molecule has 0 heterocycles. The molecule has 3 aromatic carbocycles. The van der Waals surface area contributed by atoms with Gasteiger partial charge in [0.25, 0.3) is 5.91 Å². The van der Waals surface area contributed by atoms with Crippen LogP contribution in [0.1, 0.15) is 22.3 Å². The molecular formula is C23H19F3N2O3. The predicted molar refractivity (Wildman–Crippen MR) is 109 cm³/mol. The summed E-state index contributed by atoms with van der Waals surface area (Å²) in [6.07, 6.45) is 0.190. The van der Waals surface area contributed by atoms with E-state index in [4.69, 9.17) is 4.74 Å². The van der Waals surface area contributed by atoms with Crippen LogP contribution in [-0.4, -0.2) is 18.4 Å². The maximum atomic E-state index is 13.7. The molecule has 0 aliphatic heterocycles. The van der Waals surface area contributed by atoms with Crippen LogP contribution in [0.4, 0.5) is 18.9 Å². The number of halogens is 3. The number of para-hydroxylation sites is 1. The molecule has 0 unspecified atom stereocenters. The molecule has 31 heavy (non-hydrogen) atoms. The lowest BCUT2D eigenvalue weighted by Crippen LogP contribution is -2.24. The van der Waals surface area contributed by atoms with Crippen molar-refractivity contribution in [3.8, 4) is 5.75 Å². The molecule has 8 heteroatoms. The van der Waals surface area contributed by atoms with Gasteiger partial charge in [0.2, 0.25) is 5.91 Å². The Kier molecular flexibility index (Phi) is 7.26. The minimum Gasteiger partial charge on any atom is -0.493 e. The molecule has 5 nitrogen and oxygen atoms in total. The molecule has 0 saturated carbocycles. The van der Waals surface area contributed by atoms with Gasteiger partial charge in [0.05, 0.1) is 18.7 Å². The Bertz CT molecular complexity index is 1060. The molecule has 0 aliphatic carbocycles. The summed E-state index contributed by atoms with van der Waals surface area (Å²) in [5, 5.41) is 4.94. The van der Waals surface area contributed by atoms with Crippen LogP contribution < -0.4 is 15.4 Å². The quantitative estimate of drug-likeness (QED) is 0.522. The molecule has 2 amide bonds. The number of anilines is 1.